The standard InChI is InChI=1S/C30H25FN6O2/c1-18(38)35-16-24-15-23(35)17-36(24)22-5-2-19(3-6-22)26-10-13-33-30-28(21-4-7-25(31)27(39)14-21)29(34-37(26)30)20-8-11-32-12-9-20/h2-14,23-24,39H,15-17H2,1H3/t23-,24-/m1/s1. The molecule has 0 saturated carbocycles. The van der Waals surface area contributed by atoms with Gasteiger partial charge in [0.15, 0.2) is 17.2 Å². The molecule has 2 aliphatic rings. The minimum absolute atomic E-state index is 0.153. The van der Waals surface area contributed by atoms with Crippen LogP contribution in [-0.4, -0.2) is 60.7 Å². The van der Waals surface area contributed by atoms with Gasteiger partial charge >= 0.3 is 0 Å². The summed E-state index contributed by atoms with van der Waals surface area (Å²) in [7, 11) is 0. The maximum atomic E-state index is 13.9. The van der Waals surface area contributed by atoms with E-state index in [1.54, 1.807) is 36.1 Å². The van der Waals surface area contributed by atoms with E-state index in [9.17, 15) is 14.3 Å². The largest absolute Gasteiger partial charge is 0.505 e. The van der Waals surface area contributed by atoms with Gasteiger partial charge in [0, 0.05) is 61.5 Å². The number of phenols is 1. The minimum Gasteiger partial charge on any atom is -0.505 e. The van der Waals surface area contributed by atoms with Crippen molar-refractivity contribution in [2.24, 2.45) is 0 Å². The summed E-state index contributed by atoms with van der Waals surface area (Å²) < 4.78 is 15.7. The summed E-state index contributed by atoms with van der Waals surface area (Å²) in [5.41, 5.74) is 6.35. The average Bonchev–Trinajstić information content (AvgIpc) is 3.68. The van der Waals surface area contributed by atoms with Crippen molar-refractivity contribution < 1.29 is 14.3 Å². The Bertz CT molecular complexity index is 1720. The van der Waals surface area contributed by atoms with E-state index >= 15 is 0 Å². The number of anilines is 1. The van der Waals surface area contributed by atoms with Crippen molar-refractivity contribution in [3.63, 3.8) is 0 Å². The molecule has 2 fully saturated rings. The number of aromatic hydroxyl groups is 1. The van der Waals surface area contributed by atoms with Gasteiger partial charge in [-0.15, -0.1) is 0 Å². The van der Waals surface area contributed by atoms with Gasteiger partial charge in [-0.1, -0.05) is 18.2 Å². The predicted octanol–water partition coefficient (Wildman–Crippen LogP) is 4.78. The van der Waals surface area contributed by atoms with E-state index in [1.807, 2.05) is 23.1 Å². The molecule has 194 valence electrons. The van der Waals surface area contributed by atoms with Crippen molar-refractivity contribution in [3.8, 4) is 39.4 Å². The van der Waals surface area contributed by atoms with Crippen LogP contribution in [0.15, 0.2) is 79.3 Å². The molecule has 9 heteroatoms. The second-order valence-corrected chi connectivity index (χ2v) is 10.1. The zero-order valence-electron chi connectivity index (χ0n) is 21.2. The van der Waals surface area contributed by atoms with Crippen molar-refractivity contribution in [1.82, 2.24) is 24.5 Å². The lowest BCUT2D eigenvalue weighted by molar-refractivity contribution is -0.129. The normalized spacial score (nSPS) is 18.3. The summed E-state index contributed by atoms with van der Waals surface area (Å²) in [5, 5.41) is 15.1. The average molecular weight is 521 g/mol. The molecule has 0 aliphatic carbocycles. The highest BCUT2D eigenvalue weighted by atomic mass is 19.1. The number of carbonyl (C=O) groups is 1. The predicted molar refractivity (Wildman–Crippen MR) is 146 cm³/mol. The van der Waals surface area contributed by atoms with Gasteiger partial charge in [0.1, 0.15) is 5.69 Å². The maximum Gasteiger partial charge on any atom is 0.219 e. The molecule has 5 aromatic rings. The van der Waals surface area contributed by atoms with Crippen LogP contribution in [0.5, 0.6) is 5.75 Å². The second-order valence-electron chi connectivity index (χ2n) is 10.1. The van der Waals surface area contributed by atoms with Crippen molar-refractivity contribution in [2.75, 3.05) is 18.0 Å². The highest BCUT2D eigenvalue weighted by Gasteiger charge is 2.44. The third-order valence-corrected chi connectivity index (χ3v) is 7.85. The zero-order valence-corrected chi connectivity index (χ0v) is 21.2. The molecule has 1 N–H and O–H groups in total. The number of amides is 1. The number of phenolic OH excluding ortho intramolecular Hbond substituents is 1. The fraction of sp³-hybridized carbons (Fsp3) is 0.200. The number of aromatic nitrogens is 4. The molecule has 5 heterocycles. The number of hydrogen-bond acceptors (Lipinski definition) is 6. The Balaban J connectivity index is 1.30. The van der Waals surface area contributed by atoms with Gasteiger partial charge in [0.25, 0.3) is 0 Å². The summed E-state index contributed by atoms with van der Waals surface area (Å²) in [4.78, 5) is 25.0. The Labute approximate surface area is 224 Å². The monoisotopic (exact) mass is 520 g/mol. The van der Waals surface area contributed by atoms with Gasteiger partial charge in [0.2, 0.25) is 5.91 Å². The van der Waals surface area contributed by atoms with E-state index in [-0.39, 0.29) is 11.9 Å². The van der Waals surface area contributed by atoms with E-state index in [0.29, 0.717) is 28.5 Å². The van der Waals surface area contributed by atoms with E-state index in [1.165, 1.54) is 12.1 Å². The molecule has 0 spiro atoms. The van der Waals surface area contributed by atoms with Gasteiger partial charge in [-0.05, 0) is 54.4 Å². The Kier molecular flexibility index (Phi) is 5.33. The van der Waals surface area contributed by atoms with Crippen LogP contribution in [0.1, 0.15) is 13.3 Å². The lowest BCUT2D eigenvalue weighted by atomic mass is 10.0. The summed E-state index contributed by atoms with van der Waals surface area (Å²) in [6.45, 7) is 3.28. The summed E-state index contributed by atoms with van der Waals surface area (Å²) in [5.74, 6) is -0.962. The van der Waals surface area contributed by atoms with Gasteiger partial charge < -0.3 is 14.9 Å². The van der Waals surface area contributed by atoms with E-state index < -0.39 is 11.6 Å². The van der Waals surface area contributed by atoms with Gasteiger partial charge in [-0.3, -0.25) is 9.78 Å². The Morgan fingerprint density at radius 1 is 0.923 bits per heavy atom. The van der Waals surface area contributed by atoms with E-state index in [4.69, 9.17) is 5.10 Å². The first-order valence-electron chi connectivity index (χ1n) is 12.9. The fourth-order valence-electron chi connectivity index (χ4n) is 6.00. The molecule has 39 heavy (non-hydrogen) atoms. The molecular weight excluding hydrogens is 495 g/mol. The van der Waals surface area contributed by atoms with Crippen LogP contribution in [-0.2, 0) is 4.79 Å². The molecule has 2 atom stereocenters. The smallest absolute Gasteiger partial charge is 0.219 e. The quantitative estimate of drug-likeness (QED) is 0.367. The molecule has 2 bridgehead atoms. The van der Waals surface area contributed by atoms with E-state index in [2.05, 4.69) is 39.1 Å². The maximum absolute atomic E-state index is 13.9. The molecule has 2 aromatic carbocycles. The number of piperazine rings is 1. The molecule has 2 saturated heterocycles. The zero-order chi connectivity index (χ0) is 26.7. The third-order valence-electron chi connectivity index (χ3n) is 7.85. The number of carbonyl (C=O) groups excluding carboxylic acids is 1. The van der Waals surface area contributed by atoms with Gasteiger partial charge in [-0.2, -0.15) is 5.10 Å². The van der Waals surface area contributed by atoms with Crippen molar-refractivity contribution in [3.05, 3.63) is 85.1 Å². The number of hydrogen-bond donors (Lipinski definition) is 1. The van der Waals surface area contributed by atoms with Gasteiger partial charge in [-0.25, -0.2) is 13.9 Å². The highest BCUT2D eigenvalue weighted by molar-refractivity contribution is 5.91. The minimum atomic E-state index is -0.686. The van der Waals surface area contributed by atoms with E-state index in [0.717, 1.165) is 42.0 Å². The van der Waals surface area contributed by atoms with Crippen LogP contribution in [0, 0.1) is 5.82 Å². The first-order chi connectivity index (χ1) is 19.0. The molecular formula is C30H25FN6O2. The third kappa shape index (κ3) is 3.80. The van der Waals surface area contributed by atoms with Crippen molar-refractivity contribution >= 4 is 17.2 Å². The van der Waals surface area contributed by atoms with Crippen molar-refractivity contribution in [1.29, 1.82) is 0 Å². The fourth-order valence-corrected chi connectivity index (χ4v) is 6.00. The lowest BCUT2D eigenvalue weighted by Crippen LogP contribution is -2.48. The molecule has 0 radical (unpaired) electrons. The van der Waals surface area contributed by atoms with Gasteiger partial charge in [0.05, 0.1) is 17.3 Å². The first kappa shape index (κ1) is 23.3. The number of pyridine rings is 1. The number of benzene rings is 2. The van der Waals surface area contributed by atoms with Crippen LogP contribution in [0.3, 0.4) is 0 Å². The Morgan fingerprint density at radius 2 is 1.69 bits per heavy atom. The number of fused-ring (bicyclic) bond motifs is 3. The first-order valence-corrected chi connectivity index (χ1v) is 12.9. The van der Waals surface area contributed by atoms with Crippen LogP contribution >= 0.6 is 0 Å². The molecule has 8 nitrogen and oxygen atoms in total. The number of rotatable bonds is 4. The van der Waals surface area contributed by atoms with Crippen LogP contribution in [0.4, 0.5) is 10.1 Å². The summed E-state index contributed by atoms with van der Waals surface area (Å²) >= 11 is 0. The number of likely N-dealkylation sites (tertiary alicyclic amines) is 1. The van der Waals surface area contributed by atoms with Crippen LogP contribution in [0.2, 0.25) is 0 Å². The molecule has 3 aromatic heterocycles. The molecule has 7 rings (SSSR count). The van der Waals surface area contributed by atoms with Crippen molar-refractivity contribution in [2.45, 2.75) is 25.4 Å². The topological polar surface area (TPSA) is 86.9 Å². The van der Waals surface area contributed by atoms with Crippen LogP contribution < -0.4 is 4.90 Å². The van der Waals surface area contributed by atoms with Crippen LogP contribution in [0.25, 0.3) is 39.3 Å². The summed E-state index contributed by atoms with van der Waals surface area (Å²) in [6.07, 6.45) is 6.14. The SMILES string of the molecule is CC(=O)N1C[C@H]2C[C@@H]1CN2c1ccc(-c2ccnc3c(-c4ccc(F)c(O)c4)c(-c4ccncc4)nn23)cc1. The Hall–Kier alpha value is -4.79. The number of nitrogens with zero attached hydrogens (tertiary/aromatic N) is 6. The molecule has 1 amide bonds. The highest BCUT2D eigenvalue weighted by Crippen LogP contribution is 2.39. The molecule has 2 aliphatic heterocycles. The Morgan fingerprint density at radius 3 is 2.38 bits per heavy atom. The second kappa shape index (κ2) is 8.90. The molecule has 0 unspecified atom stereocenters. The number of halogens is 1. The summed E-state index contributed by atoms with van der Waals surface area (Å²) in [6, 6.07) is 18.9. The lowest BCUT2D eigenvalue weighted by Gasteiger charge is -2.35.